The molecule has 3 aromatic carbocycles. The van der Waals surface area contributed by atoms with Crippen molar-refractivity contribution in [2.45, 2.75) is 33.2 Å². The molecule has 2 N–H and O–H groups in total. The van der Waals surface area contributed by atoms with Crippen molar-refractivity contribution < 1.29 is 9.59 Å². The lowest BCUT2D eigenvalue weighted by Crippen LogP contribution is -2.33. The second-order valence-electron chi connectivity index (χ2n) is 8.20. The third-order valence-electron chi connectivity index (χ3n) is 5.80. The normalized spacial score (nSPS) is 11.8. The molecule has 2 amide bonds. The van der Waals surface area contributed by atoms with E-state index in [2.05, 4.69) is 15.6 Å². The SMILES string of the molecule is CCC(=O)Nc1ccccc1-c1nc2ccccc2n(C(C)C(=O)Nc2cc(Cl)ccc2C)c1=O. The van der Waals surface area contributed by atoms with Gasteiger partial charge < -0.3 is 10.6 Å². The van der Waals surface area contributed by atoms with Crippen molar-refractivity contribution in [1.82, 2.24) is 9.55 Å². The maximum absolute atomic E-state index is 13.8. The van der Waals surface area contributed by atoms with Crippen molar-refractivity contribution in [1.29, 1.82) is 0 Å². The second-order valence-corrected chi connectivity index (χ2v) is 8.63. The van der Waals surface area contributed by atoms with Gasteiger partial charge in [0.1, 0.15) is 11.7 Å². The van der Waals surface area contributed by atoms with Gasteiger partial charge in [0.2, 0.25) is 11.8 Å². The summed E-state index contributed by atoms with van der Waals surface area (Å²) in [6, 6.07) is 18.5. The summed E-state index contributed by atoms with van der Waals surface area (Å²) in [5.74, 6) is -0.546. The fourth-order valence-electron chi connectivity index (χ4n) is 3.83. The molecular weight excluding hydrogens is 464 g/mol. The van der Waals surface area contributed by atoms with Gasteiger partial charge in [-0.3, -0.25) is 19.0 Å². The number of hydrogen-bond acceptors (Lipinski definition) is 4. The fraction of sp³-hybridized carbons (Fsp3) is 0.185. The molecule has 0 aliphatic carbocycles. The average molecular weight is 489 g/mol. The molecule has 1 unspecified atom stereocenters. The quantitative estimate of drug-likeness (QED) is 0.371. The van der Waals surface area contributed by atoms with Gasteiger partial charge in [-0.15, -0.1) is 0 Å². The zero-order valence-corrected chi connectivity index (χ0v) is 20.4. The van der Waals surface area contributed by atoms with Crippen molar-refractivity contribution in [3.63, 3.8) is 0 Å². The van der Waals surface area contributed by atoms with Crippen LogP contribution in [0.3, 0.4) is 0 Å². The molecule has 0 aliphatic rings. The minimum absolute atomic E-state index is 0.147. The Morgan fingerprint density at radius 2 is 1.71 bits per heavy atom. The van der Waals surface area contributed by atoms with E-state index < -0.39 is 11.6 Å². The highest BCUT2D eigenvalue weighted by Crippen LogP contribution is 2.27. The van der Waals surface area contributed by atoms with E-state index in [1.807, 2.05) is 19.1 Å². The number of benzene rings is 3. The zero-order chi connectivity index (χ0) is 25.1. The number of halogens is 1. The fourth-order valence-corrected chi connectivity index (χ4v) is 4.01. The minimum atomic E-state index is -0.857. The maximum Gasteiger partial charge on any atom is 0.278 e. The van der Waals surface area contributed by atoms with Crippen LogP contribution in [0.5, 0.6) is 0 Å². The smallest absolute Gasteiger partial charge is 0.278 e. The Morgan fingerprint density at radius 3 is 2.49 bits per heavy atom. The molecule has 0 bridgehead atoms. The Bertz CT molecular complexity index is 1500. The largest absolute Gasteiger partial charge is 0.325 e. The molecule has 1 atom stereocenters. The Morgan fingerprint density at radius 1 is 1.00 bits per heavy atom. The van der Waals surface area contributed by atoms with Gasteiger partial charge >= 0.3 is 0 Å². The van der Waals surface area contributed by atoms with E-state index in [9.17, 15) is 14.4 Å². The summed E-state index contributed by atoms with van der Waals surface area (Å²) < 4.78 is 1.44. The maximum atomic E-state index is 13.8. The van der Waals surface area contributed by atoms with Crippen LogP contribution < -0.4 is 16.2 Å². The lowest BCUT2D eigenvalue weighted by molar-refractivity contribution is -0.119. The molecule has 4 aromatic rings. The van der Waals surface area contributed by atoms with Gasteiger partial charge in [-0.25, -0.2) is 4.98 Å². The topological polar surface area (TPSA) is 93.1 Å². The highest BCUT2D eigenvalue weighted by molar-refractivity contribution is 6.31. The summed E-state index contributed by atoms with van der Waals surface area (Å²) in [7, 11) is 0. The first-order chi connectivity index (χ1) is 16.8. The van der Waals surface area contributed by atoms with Gasteiger partial charge in [0.25, 0.3) is 5.56 Å². The van der Waals surface area contributed by atoms with Crippen molar-refractivity contribution in [2.75, 3.05) is 10.6 Å². The summed E-state index contributed by atoms with van der Waals surface area (Å²) in [5, 5.41) is 6.21. The van der Waals surface area contributed by atoms with Crippen molar-refractivity contribution in [3.8, 4) is 11.3 Å². The number of rotatable bonds is 6. The number of nitrogens with one attached hydrogen (secondary N) is 2. The van der Waals surface area contributed by atoms with E-state index in [1.54, 1.807) is 68.4 Å². The lowest BCUT2D eigenvalue weighted by atomic mass is 10.1. The average Bonchev–Trinajstić information content (AvgIpc) is 2.86. The lowest BCUT2D eigenvalue weighted by Gasteiger charge is -2.20. The van der Waals surface area contributed by atoms with E-state index in [0.29, 0.717) is 39.4 Å². The van der Waals surface area contributed by atoms with Crippen molar-refractivity contribution >= 4 is 45.8 Å². The van der Waals surface area contributed by atoms with Crippen LogP contribution in [-0.2, 0) is 9.59 Å². The van der Waals surface area contributed by atoms with Gasteiger partial charge in [-0.2, -0.15) is 0 Å². The first kappa shape index (κ1) is 24.2. The van der Waals surface area contributed by atoms with Gasteiger partial charge in [0.05, 0.1) is 16.7 Å². The van der Waals surface area contributed by atoms with Crippen LogP contribution in [0.2, 0.25) is 5.02 Å². The van der Waals surface area contributed by atoms with Crippen LogP contribution >= 0.6 is 11.6 Å². The Kier molecular flexibility index (Phi) is 6.98. The Balaban J connectivity index is 1.85. The van der Waals surface area contributed by atoms with Crippen LogP contribution in [0.25, 0.3) is 22.3 Å². The number of aryl methyl sites for hydroxylation is 1. The highest BCUT2D eigenvalue weighted by Gasteiger charge is 2.23. The number of carbonyl (C=O) groups is 2. The molecule has 0 aliphatic heterocycles. The van der Waals surface area contributed by atoms with E-state index in [1.165, 1.54) is 4.57 Å². The third-order valence-corrected chi connectivity index (χ3v) is 6.03. The summed E-state index contributed by atoms with van der Waals surface area (Å²) in [4.78, 5) is 43.8. The van der Waals surface area contributed by atoms with Crippen LogP contribution in [0, 0.1) is 6.92 Å². The molecule has 0 fully saturated rings. The molecular formula is C27H25ClN4O3. The molecule has 1 aromatic heterocycles. The van der Waals surface area contributed by atoms with E-state index >= 15 is 0 Å². The zero-order valence-electron chi connectivity index (χ0n) is 19.6. The van der Waals surface area contributed by atoms with Crippen LogP contribution in [0.15, 0.2) is 71.5 Å². The van der Waals surface area contributed by atoms with Crippen LogP contribution in [-0.4, -0.2) is 21.4 Å². The molecule has 0 saturated carbocycles. The number of para-hydroxylation sites is 3. The second kappa shape index (κ2) is 10.1. The Labute approximate surface area is 207 Å². The minimum Gasteiger partial charge on any atom is -0.325 e. The monoisotopic (exact) mass is 488 g/mol. The molecule has 0 spiro atoms. The standard InChI is InChI=1S/C27H25ClN4O3/c1-4-24(33)29-20-10-6-5-9-19(20)25-27(35)32(23-12-8-7-11-21(23)30-25)17(3)26(34)31-22-15-18(28)14-13-16(22)2/h5-15,17H,4H2,1-3H3,(H,29,33)(H,31,34). The van der Waals surface area contributed by atoms with E-state index in [-0.39, 0.29) is 17.5 Å². The first-order valence-electron chi connectivity index (χ1n) is 11.3. The predicted molar refractivity (Wildman–Crippen MR) is 140 cm³/mol. The van der Waals surface area contributed by atoms with Gasteiger partial charge in [0, 0.05) is 22.7 Å². The number of nitrogens with zero attached hydrogens (tertiary/aromatic N) is 2. The number of anilines is 2. The summed E-state index contributed by atoms with van der Waals surface area (Å²) in [5.41, 5.74) is 3.19. The van der Waals surface area contributed by atoms with Crippen molar-refractivity contribution in [2.24, 2.45) is 0 Å². The number of aromatic nitrogens is 2. The molecule has 4 rings (SSSR count). The number of amides is 2. The van der Waals surface area contributed by atoms with Gasteiger partial charge in [-0.05, 0) is 49.7 Å². The number of carbonyl (C=O) groups excluding carboxylic acids is 2. The first-order valence-corrected chi connectivity index (χ1v) is 11.7. The molecule has 35 heavy (non-hydrogen) atoms. The van der Waals surface area contributed by atoms with Crippen molar-refractivity contribution in [3.05, 3.63) is 87.7 Å². The summed E-state index contributed by atoms with van der Waals surface area (Å²) >= 11 is 6.11. The summed E-state index contributed by atoms with van der Waals surface area (Å²) in [6.07, 6.45) is 0.295. The summed E-state index contributed by atoms with van der Waals surface area (Å²) in [6.45, 7) is 5.28. The van der Waals surface area contributed by atoms with Gasteiger partial charge in [0.15, 0.2) is 0 Å². The third kappa shape index (κ3) is 4.95. The van der Waals surface area contributed by atoms with E-state index in [0.717, 1.165) is 5.56 Å². The number of hydrogen-bond donors (Lipinski definition) is 2. The molecule has 0 saturated heterocycles. The highest BCUT2D eigenvalue weighted by atomic mass is 35.5. The molecule has 7 nitrogen and oxygen atoms in total. The van der Waals surface area contributed by atoms with Crippen LogP contribution in [0.4, 0.5) is 11.4 Å². The molecule has 8 heteroatoms. The molecule has 0 radical (unpaired) electrons. The number of fused-ring (bicyclic) bond motifs is 1. The molecule has 178 valence electrons. The van der Waals surface area contributed by atoms with Gasteiger partial charge in [-0.1, -0.05) is 54.9 Å². The Hall–Kier alpha value is -3.97. The molecule has 1 heterocycles. The van der Waals surface area contributed by atoms with E-state index in [4.69, 9.17) is 11.6 Å². The van der Waals surface area contributed by atoms with Crippen LogP contribution in [0.1, 0.15) is 31.9 Å². The predicted octanol–water partition coefficient (Wildman–Crippen LogP) is 5.57.